The number of aromatic nitrogens is 1. The first-order valence-corrected chi connectivity index (χ1v) is 8.29. The zero-order valence-corrected chi connectivity index (χ0v) is 12.6. The van der Waals surface area contributed by atoms with Crippen LogP contribution >= 0.6 is 0 Å². The molecule has 0 amide bonds. The monoisotopic (exact) mass is 273 g/mol. The molecule has 1 N–H and O–H groups in total. The second-order valence-corrected chi connectivity index (χ2v) is 6.33. The summed E-state index contributed by atoms with van der Waals surface area (Å²) in [5.74, 6) is 2.13. The molecule has 1 aromatic heterocycles. The average Bonchev–Trinajstić information content (AvgIpc) is 3.32. The van der Waals surface area contributed by atoms with Gasteiger partial charge in [0.25, 0.3) is 0 Å². The SMILES string of the molecule is CCC1CCCN(c2ncccc2CNC2CC2)CC1. The van der Waals surface area contributed by atoms with E-state index < -0.39 is 0 Å². The Morgan fingerprint density at radius 3 is 2.95 bits per heavy atom. The largest absolute Gasteiger partial charge is 0.356 e. The molecule has 3 heteroatoms. The van der Waals surface area contributed by atoms with Crippen molar-refractivity contribution >= 4 is 5.82 Å². The predicted molar refractivity (Wildman–Crippen MR) is 83.9 cm³/mol. The molecule has 2 heterocycles. The molecular formula is C17H27N3. The standard InChI is InChI=1S/C17H27N3/c1-2-14-5-4-11-20(12-9-14)17-15(6-3-10-18-17)13-19-16-7-8-16/h3,6,10,14,16,19H,2,4-5,7-9,11-13H2,1H3. The smallest absolute Gasteiger partial charge is 0.133 e. The lowest BCUT2D eigenvalue weighted by atomic mass is 9.98. The van der Waals surface area contributed by atoms with Gasteiger partial charge in [-0.15, -0.1) is 0 Å². The molecule has 110 valence electrons. The lowest BCUT2D eigenvalue weighted by Crippen LogP contribution is -2.27. The van der Waals surface area contributed by atoms with E-state index in [0.717, 1.165) is 18.5 Å². The van der Waals surface area contributed by atoms with E-state index in [9.17, 15) is 0 Å². The topological polar surface area (TPSA) is 28.2 Å². The van der Waals surface area contributed by atoms with Crippen molar-refractivity contribution in [3.8, 4) is 0 Å². The highest BCUT2D eigenvalue weighted by Crippen LogP contribution is 2.26. The average molecular weight is 273 g/mol. The molecule has 0 radical (unpaired) electrons. The van der Waals surface area contributed by atoms with Crippen LogP contribution in [0.15, 0.2) is 18.3 Å². The Bertz CT molecular complexity index is 428. The summed E-state index contributed by atoms with van der Waals surface area (Å²) in [4.78, 5) is 7.19. The fourth-order valence-corrected chi connectivity index (χ4v) is 3.18. The first-order valence-electron chi connectivity index (χ1n) is 8.29. The Balaban J connectivity index is 1.68. The van der Waals surface area contributed by atoms with Gasteiger partial charge in [-0.25, -0.2) is 4.98 Å². The van der Waals surface area contributed by atoms with E-state index in [2.05, 4.69) is 34.3 Å². The van der Waals surface area contributed by atoms with Crippen LogP contribution in [-0.2, 0) is 6.54 Å². The maximum Gasteiger partial charge on any atom is 0.133 e. The summed E-state index contributed by atoms with van der Waals surface area (Å²) >= 11 is 0. The minimum Gasteiger partial charge on any atom is -0.356 e. The van der Waals surface area contributed by atoms with Gasteiger partial charge in [-0.05, 0) is 44.1 Å². The van der Waals surface area contributed by atoms with Gasteiger partial charge in [0, 0.05) is 37.4 Å². The third kappa shape index (κ3) is 3.51. The number of hydrogen-bond acceptors (Lipinski definition) is 3. The van der Waals surface area contributed by atoms with E-state index in [-0.39, 0.29) is 0 Å². The van der Waals surface area contributed by atoms with E-state index in [1.807, 2.05) is 6.20 Å². The van der Waals surface area contributed by atoms with Gasteiger partial charge in [0.1, 0.15) is 5.82 Å². The number of anilines is 1. The second-order valence-electron chi connectivity index (χ2n) is 6.33. The predicted octanol–water partition coefficient (Wildman–Crippen LogP) is 3.35. The third-order valence-corrected chi connectivity index (χ3v) is 4.75. The lowest BCUT2D eigenvalue weighted by molar-refractivity contribution is 0.459. The Kier molecular flexibility index (Phi) is 4.56. The Morgan fingerprint density at radius 1 is 1.25 bits per heavy atom. The highest BCUT2D eigenvalue weighted by atomic mass is 15.2. The first kappa shape index (κ1) is 13.9. The van der Waals surface area contributed by atoms with Crippen LogP contribution in [0.4, 0.5) is 5.82 Å². The zero-order valence-electron chi connectivity index (χ0n) is 12.6. The number of nitrogens with zero attached hydrogens (tertiary/aromatic N) is 2. The number of rotatable bonds is 5. The van der Waals surface area contributed by atoms with Gasteiger partial charge in [0.2, 0.25) is 0 Å². The fourth-order valence-electron chi connectivity index (χ4n) is 3.18. The number of nitrogens with one attached hydrogen (secondary N) is 1. The molecule has 0 bridgehead atoms. The summed E-state index contributed by atoms with van der Waals surface area (Å²) in [6.07, 6.45) is 9.97. The summed E-state index contributed by atoms with van der Waals surface area (Å²) in [6, 6.07) is 5.07. The maximum absolute atomic E-state index is 4.68. The summed E-state index contributed by atoms with van der Waals surface area (Å²) in [5.41, 5.74) is 1.37. The van der Waals surface area contributed by atoms with Crippen molar-refractivity contribution in [2.24, 2.45) is 5.92 Å². The highest BCUT2D eigenvalue weighted by Gasteiger charge is 2.22. The van der Waals surface area contributed by atoms with Crippen LogP contribution in [0.25, 0.3) is 0 Å². The molecule has 1 saturated heterocycles. The van der Waals surface area contributed by atoms with E-state index in [4.69, 9.17) is 0 Å². The quantitative estimate of drug-likeness (QED) is 0.891. The van der Waals surface area contributed by atoms with Crippen molar-refractivity contribution in [2.45, 2.75) is 58.0 Å². The molecule has 1 aromatic rings. The molecule has 1 unspecified atom stereocenters. The van der Waals surface area contributed by atoms with E-state index in [0.29, 0.717) is 0 Å². The van der Waals surface area contributed by atoms with E-state index >= 15 is 0 Å². The minimum absolute atomic E-state index is 0.761. The Labute approximate surface area is 122 Å². The van der Waals surface area contributed by atoms with Crippen LogP contribution in [0.1, 0.15) is 51.0 Å². The van der Waals surface area contributed by atoms with Gasteiger partial charge in [-0.2, -0.15) is 0 Å². The molecule has 1 atom stereocenters. The molecule has 1 aliphatic heterocycles. The van der Waals surface area contributed by atoms with Crippen LogP contribution in [-0.4, -0.2) is 24.1 Å². The van der Waals surface area contributed by atoms with Crippen molar-refractivity contribution in [3.05, 3.63) is 23.9 Å². The second kappa shape index (κ2) is 6.57. The molecule has 1 aliphatic carbocycles. The van der Waals surface area contributed by atoms with E-state index in [1.54, 1.807) is 0 Å². The van der Waals surface area contributed by atoms with Crippen LogP contribution in [0.3, 0.4) is 0 Å². The molecule has 1 saturated carbocycles. The zero-order chi connectivity index (χ0) is 13.8. The molecule has 20 heavy (non-hydrogen) atoms. The summed E-state index contributed by atoms with van der Waals surface area (Å²) < 4.78 is 0. The highest BCUT2D eigenvalue weighted by molar-refractivity contribution is 5.46. The van der Waals surface area contributed by atoms with Gasteiger partial charge in [-0.1, -0.05) is 19.4 Å². The van der Waals surface area contributed by atoms with Gasteiger partial charge in [-0.3, -0.25) is 0 Å². The fraction of sp³-hybridized carbons (Fsp3) is 0.706. The molecular weight excluding hydrogens is 246 g/mol. The molecule has 2 fully saturated rings. The maximum atomic E-state index is 4.68. The van der Waals surface area contributed by atoms with Crippen molar-refractivity contribution in [1.29, 1.82) is 0 Å². The van der Waals surface area contributed by atoms with Crippen LogP contribution < -0.4 is 10.2 Å². The number of hydrogen-bond donors (Lipinski definition) is 1. The molecule has 0 aromatic carbocycles. The summed E-state index contributed by atoms with van der Waals surface area (Å²) in [6.45, 7) is 5.64. The first-order chi connectivity index (χ1) is 9.86. The van der Waals surface area contributed by atoms with Gasteiger partial charge in [0.15, 0.2) is 0 Å². The van der Waals surface area contributed by atoms with Crippen LogP contribution in [0.5, 0.6) is 0 Å². The van der Waals surface area contributed by atoms with Gasteiger partial charge < -0.3 is 10.2 Å². The van der Waals surface area contributed by atoms with E-state index in [1.165, 1.54) is 63.0 Å². The molecule has 0 spiro atoms. The minimum atomic E-state index is 0.761. The van der Waals surface area contributed by atoms with Crippen LogP contribution in [0.2, 0.25) is 0 Å². The molecule has 3 rings (SSSR count). The summed E-state index contributed by atoms with van der Waals surface area (Å²) in [7, 11) is 0. The van der Waals surface area contributed by atoms with Crippen LogP contribution in [0, 0.1) is 5.92 Å². The Hall–Kier alpha value is -1.09. The van der Waals surface area contributed by atoms with Crippen molar-refractivity contribution in [1.82, 2.24) is 10.3 Å². The number of pyridine rings is 1. The Morgan fingerprint density at radius 2 is 2.15 bits per heavy atom. The van der Waals surface area contributed by atoms with Crippen molar-refractivity contribution < 1.29 is 0 Å². The molecule has 3 nitrogen and oxygen atoms in total. The molecule has 2 aliphatic rings. The van der Waals surface area contributed by atoms with Gasteiger partial charge >= 0.3 is 0 Å². The lowest BCUT2D eigenvalue weighted by Gasteiger charge is -2.24. The third-order valence-electron chi connectivity index (χ3n) is 4.75. The summed E-state index contributed by atoms with van der Waals surface area (Å²) in [5, 5.41) is 3.62. The van der Waals surface area contributed by atoms with Gasteiger partial charge in [0.05, 0.1) is 0 Å². The normalized spacial score (nSPS) is 23.6. The van der Waals surface area contributed by atoms with Crippen molar-refractivity contribution in [2.75, 3.05) is 18.0 Å². The van der Waals surface area contributed by atoms with Crippen molar-refractivity contribution in [3.63, 3.8) is 0 Å².